The summed E-state index contributed by atoms with van der Waals surface area (Å²) in [5.41, 5.74) is 12.1. The zero-order chi connectivity index (χ0) is 30.5. The van der Waals surface area contributed by atoms with E-state index < -0.39 is 0 Å². The second kappa shape index (κ2) is 12.4. The molecule has 4 heteroatoms. The van der Waals surface area contributed by atoms with Crippen LogP contribution in [-0.4, -0.2) is 0 Å². The van der Waals surface area contributed by atoms with Crippen LogP contribution >= 0.6 is 0 Å². The van der Waals surface area contributed by atoms with Gasteiger partial charge in [-0.1, -0.05) is 60.7 Å². The molecule has 0 bridgehead atoms. The zero-order valence-electron chi connectivity index (χ0n) is 24.6. The van der Waals surface area contributed by atoms with Gasteiger partial charge in [-0.3, -0.25) is 0 Å². The van der Waals surface area contributed by atoms with E-state index in [2.05, 4.69) is 132 Å². The molecule has 0 aromatic heterocycles. The second-order valence-corrected chi connectivity index (χ2v) is 10.7. The molecular formula is C40H30N4. The van der Waals surface area contributed by atoms with E-state index in [9.17, 15) is 5.26 Å². The molecular weight excluding hydrogens is 536 g/mol. The Morgan fingerprint density at radius 1 is 0.500 bits per heavy atom. The van der Waals surface area contributed by atoms with Crippen molar-refractivity contribution in [3.05, 3.63) is 174 Å². The standard InChI is InChI=1S/C40H30N4/c1-29-6-4-8-39(26-29)43(35-18-10-31(28-41)11-19-35)36-20-12-32(13-21-36)33-14-22-37(23-15-33)44(40-9-5-7-30(2)27-40)38-24-16-34(42-3)17-25-38/h4-27H,1-2H3. The lowest BCUT2D eigenvalue weighted by atomic mass is 10.0. The van der Waals surface area contributed by atoms with Gasteiger partial charge in [0, 0.05) is 34.1 Å². The SMILES string of the molecule is [C-]#[N+]c1ccc(N(c2ccc(-c3ccc(N(c4ccc(C#N)cc4)c4cccc(C)c4)cc3)cc2)c2cccc(C)c2)cc1. The van der Waals surface area contributed by atoms with Gasteiger partial charge < -0.3 is 9.80 Å². The predicted octanol–water partition coefficient (Wildman–Crippen LogP) is 11.3. The number of hydrogen-bond acceptors (Lipinski definition) is 3. The van der Waals surface area contributed by atoms with Crippen molar-refractivity contribution in [2.45, 2.75) is 13.8 Å². The Kier molecular flexibility index (Phi) is 7.91. The minimum absolute atomic E-state index is 0.622. The number of anilines is 6. The molecule has 0 atom stereocenters. The maximum Gasteiger partial charge on any atom is 0.187 e. The Morgan fingerprint density at radius 2 is 0.886 bits per heavy atom. The van der Waals surface area contributed by atoms with E-state index in [1.807, 2.05) is 48.5 Å². The Hall–Kier alpha value is -6.10. The number of aryl methyl sites for hydroxylation is 2. The van der Waals surface area contributed by atoms with E-state index in [1.165, 1.54) is 11.1 Å². The molecule has 0 spiro atoms. The first-order valence-corrected chi connectivity index (χ1v) is 14.4. The number of rotatable bonds is 7. The maximum absolute atomic E-state index is 9.29. The molecule has 6 rings (SSSR count). The van der Waals surface area contributed by atoms with Crippen molar-refractivity contribution in [2.75, 3.05) is 9.80 Å². The normalized spacial score (nSPS) is 10.5. The van der Waals surface area contributed by atoms with Crippen LogP contribution < -0.4 is 9.80 Å². The van der Waals surface area contributed by atoms with Crippen molar-refractivity contribution in [3.63, 3.8) is 0 Å². The van der Waals surface area contributed by atoms with Crippen molar-refractivity contribution in [3.8, 4) is 17.2 Å². The van der Waals surface area contributed by atoms with Crippen LogP contribution in [0.2, 0.25) is 0 Å². The van der Waals surface area contributed by atoms with E-state index in [1.54, 1.807) is 0 Å². The molecule has 4 nitrogen and oxygen atoms in total. The lowest BCUT2D eigenvalue weighted by Gasteiger charge is -2.26. The van der Waals surface area contributed by atoms with Crippen LogP contribution in [0, 0.1) is 31.8 Å². The van der Waals surface area contributed by atoms with Gasteiger partial charge in [0.2, 0.25) is 0 Å². The molecule has 0 aliphatic carbocycles. The maximum atomic E-state index is 9.29. The Labute approximate surface area is 259 Å². The van der Waals surface area contributed by atoms with Crippen molar-refractivity contribution in [2.24, 2.45) is 0 Å². The van der Waals surface area contributed by atoms with Gasteiger partial charge >= 0.3 is 0 Å². The van der Waals surface area contributed by atoms with Gasteiger partial charge in [0.05, 0.1) is 18.2 Å². The van der Waals surface area contributed by atoms with E-state index in [0.717, 1.165) is 45.3 Å². The molecule has 0 N–H and O–H groups in total. The molecule has 6 aromatic carbocycles. The molecule has 0 heterocycles. The van der Waals surface area contributed by atoms with Gasteiger partial charge in [-0.2, -0.15) is 5.26 Å². The van der Waals surface area contributed by atoms with E-state index >= 15 is 0 Å². The summed E-state index contributed by atoms with van der Waals surface area (Å²) in [5, 5.41) is 9.29. The van der Waals surface area contributed by atoms with E-state index in [-0.39, 0.29) is 0 Å². The first kappa shape index (κ1) is 28.0. The molecule has 0 saturated heterocycles. The van der Waals surface area contributed by atoms with Crippen molar-refractivity contribution in [1.82, 2.24) is 0 Å². The van der Waals surface area contributed by atoms with Gasteiger partial charge in [-0.15, -0.1) is 0 Å². The molecule has 210 valence electrons. The van der Waals surface area contributed by atoms with Crippen LogP contribution in [0.5, 0.6) is 0 Å². The minimum Gasteiger partial charge on any atom is -0.311 e. The largest absolute Gasteiger partial charge is 0.311 e. The highest BCUT2D eigenvalue weighted by molar-refractivity contribution is 5.81. The summed E-state index contributed by atoms with van der Waals surface area (Å²) in [6, 6.07) is 51.7. The zero-order valence-corrected chi connectivity index (χ0v) is 24.6. The van der Waals surface area contributed by atoms with E-state index in [4.69, 9.17) is 6.57 Å². The molecule has 0 radical (unpaired) electrons. The topological polar surface area (TPSA) is 34.6 Å². The molecule has 6 aromatic rings. The molecule has 44 heavy (non-hydrogen) atoms. The van der Waals surface area contributed by atoms with Crippen LogP contribution in [-0.2, 0) is 0 Å². The predicted molar refractivity (Wildman–Crippen MR) is 182 cm³/mol. The number of nitrogens with zero attached hydrogens (tertiary/aromatic N) is 4. The van der Waals surface area contributed by atoms with Gasteiger partial charge in [0.1, 0.15) is 0 Å². The molecule has 0 aliphatic heterocycles. The number of hydrogen-bond donors (Lipinski definition) is 0. The highest BCUT2D eigenvalue weighted by Gasteiger charge is 2.15. The van der Waals surface area contributed by atoms with Crippen molar-refractivity contribution >= 4 is 39.8 Å². The third kappa shape index (κ3) is 5.93. The van der Waals surface area contributed by atoms with Gasteiger partial charge in [-0.25, -0.2) is 4.85 Å². The minimum atomic E-state index is 0.622. The summed E-state index contributed by atoms with van der Waals surface area (Å²) in [4.78, 5) is 7.98. The van der Waals surface area contributed by atoms with Crippen LogP contribution in [0.15, 0.2) is 146 Å². The summed E-state index contributed by atoms with van der Waals surface area (Å²) in [6.45, 7) is 11.5. The average molecular weight is 567 g/mol. The van der Waals surface area contributed by atoms with Crippen molar-refractivity contribution < 1.29 is 0 Å². The summed E-state index contributed by atoms with van der Waals surface area (Å²) in [6.07, 6.45) is 0. The fourth-order valence-electron chi connectivity index (χ4n) is 5.40. The monoisotopic (exact) mass is 566 g/mol. The first-order valence-electron chi connectivity index (χ1n) is 14.4. The van der Waals surface area contributed by atoms with Crippen molar-refractivity contribution in [1.29, 1.82) is 5.26 Å². The highest BCUT2D eigenvalue weighted by Crippen LogP contribution is 2.38. The fourth-order valence-corrected chi connectivity index (χ4v) is 5.40. The third-order valence-electron chi connectivity index (χ3n) is 7.60. The first-order chi connectivity index (χ1) is 21.5. The second-order valence-electron chi connectivity index (χ2n) is 10.7. The van der Waals surface area contributed by atoms with Crippen LogP contribution in [0.3, 0.4) is 0 Å². The Balaban J connectivity index is 1.33. The molecule has 0 saturated carbocycles. The average Bonchev–Trinajstić information content (AvgIpc) is 3.06. The summed E-state index contributed by atoms with van der Waals surface area (Å²) in [5.74, 6) is 0. The van der Waals surface area contributed by atoms with Gasteiger partial charge in [0.15, 0.2) is 5.69 Å². The van der Waals surface area contributed by atoms with Crippen LogP contribution in [0.1, 0.15) is 16.7 Å². The summed E-state index contributed by atoms with van der Waals surface area (Å²) >= 11 is 0. The van der Waals surface area contributed by atoms with Gasteiger partial charge in [0.25, 0.3) is 0 Å². The number of nitriles is 1. The molecule has 0 unspecified atom stereocenters. The molecule has 0 fully saturated rings. The molecule has 0 amide bonds. The third-order valence-corrected chi connectivity index (χ3v) is 7.60. The number of benzene rings is 6. The lowest BCUT2D eigenvalue weighted by Crippen LogP contribution is -2.10. The smallest absolute Gasteiger partial charge is 0.187 e. The van der Waals surface area contributed by atoms with E-state index in [0.29, 0.717) is 11.3 Å². The highest BCUT2D eigenvalue weighted by atomic mass is 15.1. The van der Waals surface area contributed by atoms with Crippen LogP contribution in [0.25, 0.3) is 16.0 Å². The molecule has 0 aliphatic rings. The fraction of sp³-hybridized carbons (Fsp3) is 0.0500. The van der Waals surface area contributed by atoms with Crippen LogP contribution in [0.4, 0.5) is 39.8 Å². The Bertz CT molecular complexity index is 1830. The quantitative estimate of drug-likeness (QED) is 0.180. The Morgan fingerprint density at radius 3 is 1.25 bits per heavy atom. The summed E-state index contributed by atoms with van der Waals surface area (Å²) in [7, 11) is 0. The lowest BCUT2D eigenvalue weighted by molar-refractivity contribution is 1.27. The van der Waals surface area contributed by atoms with Gasteiger partial charge in [-0.05, 0) is 121 Å². The summed E-state index contributed by atoms with van der Waals surface area (Å²) < 4.78 is 0.